The van der Waals surface area contributed by atoms with E-state index in [0.717, 1.165) is 42.4 Å². The highest BCUT2D eigenvalue weighted by molar-refractivity contribution is 7.98. The maximum absolute atomic E-state index is 12.7. The summed E-state index contributed by atoms with van der Waals surface area (Å²) in [5.41, 5.74) is 1.17. The molecule has 1 aliphatic heterocycles. The number of likely N-dealkylation sites (tertiary alicyclic amines) is 1. The van der Waals surface area contributed by atoms with Crippen LogP contribution in [0.4, 0.5) is 5.69 Å². The number of nitro groups is 1. The van der Waals surface area contributed by atoms with Crippen LogP contribution in [0.3, 0.4) is 0 Å². The first-order valence-corrected chi connectivity index (χ1v) is 10.7. The summed E-state index contributed by atoms with van der Waals surface area (Å²) in [5.74, 6) is -0.376. The summed E-state index contributed by atoms with van der Waals surface area (Å²) < 4.78 is 0. The molecule has 0 bridgehead atoms. The van der Waals surface area contributed by atoms with Gasteiger partial charge in [-0.2, -0.15) is 0 Å². The third kappa shape index (κ3) is 5.25. The van der Waals surface area contributed by atoms with Gasteiger partial charge in [-0.1, -0.05) is 23.7 Å². The number of hydrogen-bond acceptors (Lipinski definition) is 5. The van der Waals surface area contributed by atoms with Gasteiger partial charge in [0.15, 0.2) is 0 Å². The van der Waals surface area contributed by atoms with E-state index in [4.69, 9.17) is 11.6 Å². The third-order valence-electron chi connectivity index (χ3n) is 4.89. The van der Waals surface area contributed by atoms with Crippen LogP contribution in [0.25, 0.3) is 0 Å². The van der Waals surface area contributed by atoms with Gasteiger partial charge in [-0.05, 0) is 48.9 Å². The number of carbonyl (C=O) groups is 1. The summed E-state index contributed by atoms with van der Waals surface area (Å²) in [6.45, 7) is 2.57. The van der Waals surface area contributed by atoms with Gasteiger partial charge < -0.3 is 5.32 Å². The quantitative estimate of drug-likeness (QED) is 0.427. The van der Waals surface area contributed by atoms with Gasteiger partial charge in [-0.25, -0.2) is 0 Å². The third-order valence-corrected chi connectivity index (χ3v) is 5.86. The van der Waals surface area contributed by atoms with Crippen LogP contribution in [-0.4, -0.2) is 41.1 Å². The largest absolute Gasteiger partial charge is 0.349 e. The standard InChI is InChI=1S/C20H22ClN3O3S/c1-28-17-6-7-19(24(26)27)18(12-17)20(25)22-16-8-10-23(11-9-16)13-14-2-4-15(21)5-3-14/h2-7,12,16H,8-11,13H2,1H3,(H,22,25). The van der Waals surface area contributed by atoms with Crippen molar-refractivity contribution in [1.82, 2.24) is 10.2 Å². The average molecular weight is 420 g/mol. The van der Waals surface area contributed by atoms with Gasteiger partial charge in [0.05, 0.1) is 4.92 Å². The van der Waals surface area contributed by atoms with Crippen LogP contribution < -0.4 is 5.32 Å². The molecule has 6 nitrogen and oxygen atoms in total. The molecule has 0 radical (unpaired) electrons. The number of rotatable bonds is 6. The molecule has 0 aromatic heterocycles. The van der Waals surface area contributed by atoms with Gasteiger partial charge in [0.25, 0.3) is 11.6 Å². The van der Waals surface area contributed by atoms with E-state index < -0.39 is 4.92 Å². The second kappa shape index (κ2) is 9.41. The summed E-state index contributed by atoms with van der Waals surface area (Å²) in [6, 6.07) is 12.5. The maximum Gasteiger partial charge on any atom is 0.282 e. The van der Waals surface area contributed by atoms with Crippen molar-refractivity contribution in [2.24, 2.45) is 0 Å². The lowest BCUT2D eigenvalue weighted by Gasteiger charge is -2.32. The van der Waals surface area contributed by atoms with E-state index in [1.165, 1.54) is 23.4 Å². The monoisotopic (exact) mass is 419 g/mol. The van der Waals surface area contributed by atoms with E-state index in [0.29, 0.717) is 0 Å². The average Bonchev–Trinajstić information content (AvgIpc) is 2.70. The fourth-order valence-corrected chi connectivity index (χ4v) is 3.90. The second-order valence-electron chi connectivity index (χ2n) is 6.79. The number of amides is 1. The van der Waals surface area contributed by atoms with E-state index in [1.807, 2.05) is 30.5 Å². The Kier molecular flexibility index (Phi) is 6.93. The highest BCUT2D eigenvalue weighted by Gasteiger charge is 2.25. The topological polar surface area (TPSA) is 75.5 Å². The summed E-state index contributed by atoms with van der Waals surface area (Å²) in [4.78, 5) is 26.6. The molecule has 1 aliphatic rings. The normalized spacial score (nSPS) is 15.4. The molecule has 1 N–H and O–H groups in total. The maximum atomic E-state index is 12.7. The molecule has 28 heavy (non-hydrogen) atoms. The zero-order chi connectivity index (χ0) is 20.1. The molecule has 2 aromatic rings. The van der Waals surface area contributed by atoms with Crippen LogP contribution in [-0.2, 0) is 6.54 Å². The zero-order valence-corrected chi connectivity index (χ0v) is 17.1. The minimum Gasteiger partial charge on any atom is -0.349 e. The first-order chi connectivity index (χ1) is 13.5. The van der Waals surface area contributed by atoms with Gasteiger partial charge in [0, 0.05) is 41.7 Å². The first kappa shape index (κ1) is 20.6. The van der Waals surface area contributed by atoms with E-state index in [1.54, 1.807) is 12.1 Å². The predicted molar refractivity (Wildman–Crippen MR) is 112 cm³/mol. The molecular weight excluding hydrogens is 398 g/mol. The lowest BCUT2D eigenvalue weighted by Crippen LogP contribution is -2.44. The molecule has 1 amide bonds. The van der Waals surface area contributed by atoms with Crippen LogP contribution in [0.15, 0.2) is 47.4 Å². The van der Waals surface area contributed by atoms with E-state index in [-0.39, 0.29) is 23.2 Å². The van der Waals surface area contributed by atoms with Crippen molar-refractivity contribution < 1.29 is 9.72 Å². The number of hydrogen-bond donors (Lipinski definition) is 1. The van der Waals surface area contributed by atoms with Crippen molar-refractivity contribution in [3.63, 3.8) is 0 Å². The highest BCUT2D eigenvalue weighted by Crippen LogP contribution is 2.25. The number of piperidine rings is 1. The first-order valence-electron chi connectivity index (χ1n) is 9.06. The summed E-state index contributed by atoms with van der Waals surface area (Å²) in [6.07, 6.45) is 3.50. The van der Waals surface area contributed by atoms with Crippen molar-refractivity contribution in [3.05, 3.63) is 68.7 Å². The fraction of sp³-hybridized carbons (Fsp3) is 0.350. The number of thioether (sulfide) groups is 1. The Balaban J connectivity index is 1.58. The number of halogens is 1. The Hall–Kier alpha value is -2.09. The second-order valence-corrected chi connectivity index (χ2v) is 8.11. The molecule has 0 saturated carbocycles. The lowest BCUT2D eigenvalue weighted by atomic mass is 10.0. The molecule has 1 saturated heterocycles. The number of nitrogens with one attached hydrogen (secondary N) is 1. The lowest BCUT2D eigenvalue weighted by molar-refractivity contribution is -0.385. The van der Waals surface area contributed by atoms with Gasteiger partial charge in [-0.3, -0.25) is 19.8 Å². The van der Waals surface area contributed by atoms with Crippen molar-refractivity contribution in [2.75, 3.05) is 19.3 Å². The zero-order valence-electron chi connectivity index (χ0n) is 15.6. The van der Waals surface area contributed by atoms with Crippen molar-refractivity contribution in [2.45, 2.75) is 30.3 Å². The number of nitrogens with zero attached hydrogens (tertiary/aromatic N) is 2. The number of carbonyl (C=O) groups excluding carboxylic acids is 1. The number of benzene rings is 2. The number of nitro benzene ring substituents is 1. The van der Waals surface area contributed by atoms with E-state index in [9.17, 15) is 14.9 Å². The van der Waals surface area contributed by atoms with Gasteiger partial charge in [-0.15, -0.1) is 11.8 Å². The van der Waals surface area contributed by atoms with E-state index in [2.05, 4.69) is 10.2 Å². The molecule has 148 valence electrons. The Morgan fingerprint density at radius 1 is 1.25 bits per heavy atom. The summed E-state index contributed by atoms with van der Waals surface area (Å²) in [7, 11) is 0. The SMILES string of the molecule is CSc1ccc([N+](=O)[O-])c(C(=O)NC2CCN(Cc3ccc(Cl)cc3)CC2)c1. The molecule has 1 fully saturated rings. The van der Waals surface area contributed by atoms with Crippen molar-refractivity contribution in [1.29, 1.82) is 0 Å². The smallest absolute Gasteiger partial charge is 0.282 e. The minimum atomic E-state index is -0.506. The Labute approximate surface area is 173 Å². The molecule has 0 unspecified atom stereocenters. The van der Waals surface area contributed by atoms with Crippen molar-refractivity contribution >= 4 is 35.0 Å². The fourth-order valence-electron chi connectivity index (χ4n) is 3.33. The van der Waals surface area contributed by atoms with Crippen LogP contribution in [0, 0.1) is 10.1 Å². The summed E-state index contributed by atoms with van der Waals surface area (Å²) in [5, 5.41) is 15.0. The highest BCUT2D eigenvalue weighted by atomic mass is 35.5. The molecule has 0 aliphatic carbocycles. The van der Waals surface area contributed by atoms with Gasteiger partial charge in [0.1, 0.15) is 5.56 Å². The van der Waals surface area contributed by atoms with Gasteiger partial charge >= 0.3 is 0 Å². The Morgan fingerprint density at radius 3 is 2.54 bits per heavy atom. The molecule has 0 atom stereocenters. The van der Waals surface area contributed by atoms with Crippen LogP contribution >= 0.6 is 23.4 Å². The molecular formula is C20H22ClN3O3S. The predicted octanol–water partition coefficient (Wildman–Crippen LogP) is 4.36. The van der Waals surface area contributed by atoms with E-state index >= 15 is 0 Å². The molecule has 1 heterocycles. The van der Waals surface area contributed by atoms with Crippen LogP contribution in [0.2, 0.25) is 5.02 Å². The Bertz CT molecular complexity index is 852. The van der Waals surface area contributed by atoms with Crippen molar-refractivity contribution in [3.8, 4) is 0 Å². The van der Waals surface area contributed by atoms with Crippen LogP contribution in [0.1, 0.15) is 28.8 Å². The molecule has 8 heteroatoms. The van der Waals surface area contributed by atoms with Gasteiger partial charge in [0.2, 0.25) is 0 Å². The molecule has 2 aromatic carbocycles. The Morgan fingerprint density at radius 2 is 1.93 bits per heavy atom. The summed E-state index contributed by atoms with van der Waals surface area (Å²) >= 11 is 7.38. The molecule has 3 rings (SSSR count). The van der Waals surface area contributed by atoms with Crippen LogP contribution in [0.5, 0.6) is 0 Å². The minimum absolute atomic E-state index is 0.0199. The molecule has 0 spiro atoms.